The molecule has 1 aromatic heterocycles. The van der Waals surface area contributed by atoms with Gasteiger partial charge in [-0.25, -0.2) is 4.79 Å². The number of methoxy groups -OCH3 is 1. The Morgan fingerprint density at radius 2 is 2.24 bits per heavy atom. The highest BCUT2D eigenvalue weighted by Crippen LogP contribution is 2.26. The summed E-state index contributed by atoms with van der Waals surface area (Å²) in [6, 6.07) is 6.73. The molecule has 0 aliphatic rings. The second-order valence-corrected chi connectivity index (χ2v) is 4.83. The number of halogens is 1. The van der Waals surface area contributed by atoms with Gasteiger partial charge in [-0.2, -0.15) is 0 Å². The van der Waals surface area contributed by atoms with Crippen molar-refractivity contribution >= 4 is 23.3 Å². The van der Waals surface area contributed by atoms with Crippen LogP contribution in [0.25, 0.3) is 0 Å². The van der Waals surface area contributed by atoms with E-state index in [0.29, 0.717) is 29.5 Å². The van der Waals surface area contributed by atoms with E-state index in [0.717, 1.165) is 5.56 Å². The van der Waals surface area contributed by atoms with Crippen molar-refractivity contribution in [2.75, 3.05) is 19.0 Å². The minimum Gasteiger partial charge on any atom is -0.497 e. The molecule has 112 valence electrons. The molecule has 0 saturated carbocycles. The van der Waals surface area contributed by atoms with Crippen LogP contribution in [0.2, 0.25) is 5.02 Å². The summed E-state index contributed by atoms with van der Waals surface area (Å²) < 4.78 is 10.1. The highest BCUT2D eigenvalue weighted by molar-refractivity contribution is 6.33. The van der Waals surface area contributed by atoms with E-state index < -0.39 is 0 Å². The van der Waals surface area contributed by atoms with Gasteiger partial charge in [-0.15, -0.1) is 0 Å². The van der Waals surface area contributed by atoms with Crippen molar-refractivity contribution in [1.82, 2.24) is 4.90 Å². The Morgan fingerprint density at radius 3 is 2.81 bits per heavy atom. The lowest BCUT2D eigenvalue weighted by atomic mass is 10.3. The second-order valence-electron chi connectivity index (χ2n) is 4.42. The van der Waals surface area contributed by atoms with Gasteiger partial charge in [0.15, 0.2) is 0 Å². The second kappa shape index (κ2) is 7.04. The Balaban J connectivity index is 2.05. The van der Waals surface area contributed by atoms with Crippen LogP contribution in [0.5, 0.6) is 5.75 Å². The monoisotopic (exact) mass is 308 g/mol. The normalized spacial score (nSPS) is 10.2. The molecular formula is C15H17ClN2O3. The average molecular weight is 309 g/mol. The first-order valence-electron chi connectivity index (χ1n) is 6.54. The number of nitrogens with zero attached hydrogens (tertiary/aromatic N) is 1. The fourth-order valence-electron chi connectivity index (χ4n) is 1.85. The molecule has 1 aromatic carbocycles. The number of ether oxygens (including phenoxy) is 1. The standard InChI is InChI=1S/C15H17ClN2O3/c1-3-18(9-11-6-7-21-10-11)15(19)17-14-5-4-12(20-2)8-13(14)16/h4-8,10H,3,9H2,1-2H3,(H,17,19). The smallest absolute Gasteiger partial charge is 0.322 e. The molecule has 0 radical (unpaired) electrons. The first kappa shape index (κ1) is 15.3. The summed E-state index contributed by atoms with van der Waals surface area (Å²) in [6.45, 7) is 2.96. The number of nitrogens with one attached hydrogen (secondary N) is 1. The number of carbonyl (C=O) groups excluding carboxylic acids is 1. The van der Waals surface area contributed by atoms with Gasteiger partial charge in [-0.1, -0.05) is 11.6 Å². The Morgan fingerprint density at radius 1 is 1.43 bits per heavy atom. The van der Waals surface area contributed by atoms with E-state index in [9.17, 15) is 4.79 Å². The summed E-state index contributed by atoms with van der Waals surface area (Å²) in [6.07, 6.45) is 3.21. The third kappa shape index (κ3) is 3.92. The van der Waals surface area contributed by atoms with Gasteiger partial charge in [0.25, 0.3) is 0 Å². The highest BCUT2D eigenvalue weighted by atomic mass is 35.5. The van der Waals surface area contributed by atoms with Gasteiger partial charge >= 0.3 is 6.03 Å². The minimum atomic E-state index is -0.217. The summed E-state index contributed by atoms with van der Waals surface area (Å²) >= 11 is 6.11. The molecule has 5 nitrogen and oxygen atoms in total. The van der Waals surface area contributed by atoms with E-state index in [-0.39, 0.29) is 6.03 Å². The Kier molecular flexibility index (Phi) is 5.11. The quantitative estimate of drug-likeness (QED) is 0.908. The SMILES string of the molecule is CCN(Cc1ccoc1)C(=O)Nc1ccc(OC)cc1Cl. The van der Waals surface area contributed by atoms with Gasteiger partial charge in [0, 0.05) is 18.2 Å². The lowest BCUT2D eigenvalue weighted by Gasteiger charge is -2.21. The number of hydrogen-bond donors (Lipinski definition) is 1. The lowest BCUT2D eigenvalue weighted by molar-refractivity contribution is 0.212. The number of hydrogen-bond acceptors (Lipinski definition) is 3. The van der Waals surface area contributed by atoms with Crippen molar-refractivity contribution in [2.24, 2.45) is 0 Å². The Bertz CT molecular complexity index is 599. The molecule has 0 aliphatic heterocycles. The molecule has 0 bridgehead atoms. The number of anilines is 1. The maximum Gasteiger partial charge on any atom is 0.322 e. The summed E-state index contributed by atoms with van der Waals surface area (Å²) in [5.41, 5.74) is 1.49. The molecule has 21 heavy (non-hydrogen) atoms. The summed E-state index contributed by atoms with van der Waals surface area (Å²) in [7, 11) is 1.56. The van der Waals surface area contributed by atoms with Crippen LogP contribution in [0, 0.1) is 0 Å². The fraction of sp³-hybridized carbons (Fsp3) is 0.267. The maximum atomic E-state index is 12.3. The summed E-state index contributed by atoms with van der Waals surface area (Å²) in [5, 5.41) is 3.23. The number of furan rings is 1. The minimum absolute atomic E-state index is 0.217. The van der Waals surface area contributed by atoms with E-state index in [2.05, 4.69) is 5.32 Å². The summed E-state index contributed by atoms with van der Waals surface area (Å²) in [4.78, 5) is 13.9. The molecule has 0 unspecified atom stereocenters. The van der Waals surface area contributed by atoms with Crippen molar-refractivity contribution in [3.8, 4) is 5.75 Å². The van der Waals surface area contributed by atoms with E-state index in [1.165, 1.54) is 0 Å². The Labute approximate surface area is 128 Å². The third-order valence-electron chi connectivity index (χ3n) is 3.04. The molecule has 2 rings (SSSR count). The number of urea groups is 1. The van der Waals surface area contributed by atoms with E-state index in [4.69, 9.17) is 20.8 Å². The first-order valence-corrected chi connectivity index (χ1v) is 6.92. The van der Waals surface area contributed by atoms with Gasteiger partial charge in [0.2, 0.25) is 0 Å². The van der Waals surface area contributed by atoms with Crippen LogP contribution in [0.4, 0.5) is 10.5 Å². The number of benzene rings is 1. The van der Waals surface area contributed by atoms with Crippen LogP contribution in [0.3, 0.4) is 0 Å². The van der Waals surface area contributed by atoms with Crippen molar-refractivity contribution in [1.29, 1.82) is 0 Å². The largest absolute Gasteiger partial charge is 0.497 e. The van der Waals surface area contributed by atoms with Crippen molar-refractivity contribution in [2.45, 2.75) is 13.5 Å². The van der Waals surface area contributed by atoms with Crippen LogP contribution in [-0.2, 0) is 6.54 Å². The average Bonchev–Trinajstić information content (AvgIpc) is 2.99. The predicted molar refractivity (Wildman–Crippen MR) is 81.8 cm³/mol. The maximum absolute atomic E-state index is 12.3. The molecule has 1 heterocycles. The van der Waals surface area contributed by atoms with Crippen LogP contribution in [-0.4, -0.2) is 24.6 Å². The first-order chi connectivity index (χ1) is 10.1. The van der Waals surface area contributed by atoms with Gasteiger partial charge in [-0.3, -0.25) is 0 Å². The van der Waals surface area contributed by atoms with Gasteiger partial charge < -0.3 is 19.4 Å². The zero-order valence-electron chi connectivity index (χ0n) is 11.9. The van der Waals surface area contributed by atoms with Crippen LogP contribution in [0.15, 0.2) is 41.2 Å². The van der Waals surface area contributed by atoms with E-state index in [1.54, 1.807) is 42.7 Å². The van der Waals surface area contributed by atoms with E-state index in [1.807, 2.05) is 13.0 Å². The molecule has 2 aromatic rings. The van der Waals surface area contributed by atoms with Crippen molar-refractivity contribution in [3.05, 3.63) is 47.4 Å². The van der Waals surface area contributed by atoms with Gasteiger partial charge in [0.1, 0.15) is 5.75 Å². The molecule has 0 atom stereocenters. The molecule has 0 spiro atoms. The molecule has 0 aliphatic carbocycles. The van der Waals surface area contributed by atoms with Crippen LogP contribution in [0.1, 0.15) is 12.5 Å². The molecule has 0 saturated heterocycles. The van der Waals surface area contributed by atoms with Gasteiger partial charge in [0.05, 0.1) is 36.9 Å². The summed E-state index contributed by atoms with van der Waals surface area (Å²) in [5.74, 6) is 0.642. The number of rotatable bonds is 5. The number of carbonyl (C=O) groups is 1. The van der Waals surface area contributed by atoms with Gasteiger partial charge in [-0.05, 0) is 25.1 Å². The fourth-order valence-corrected chi connectivity index (χ4v) is 2.07. The van der Waals surface area contributed by atoms with Crippen molar-refractivity contribution < 1.29 is 13.9 Å². The van der Waals surface area contributed by atoms with Crippen LogP contribution < -0.4 is 10.1 Å². The molecule has 2 amide bonds. The Hall–Kier alpha value is -2.14. The number of amides is 2. The van der Waals surface area contributed by atoms with E-state index >= 15 is 0 Å². The third-order valence-corrected chi connectivity index (χ3v) is 3.35. The zero-order chi connectivity index (χ0) is 15.2. The zero-order valence-corrected chi connectivity index (χ0v) is 12.7. The lowest BCUT2D eigenvalue weighted by Crippen LogP contribution is -2.34. The molecule has 0 fully saturated rings. The molecule has 1 N–H and O–H groups in total. The topological polar surface area (TPSA) is 54.7 Å². The predicted octanol–water partition coefficient (Wildman–Crippen LogP) is 4.00. The molecular weight excluding hydrogens is 292 g/mol. The highest BCUT2D eigenvalue weighted by Gasteiger charge is 2.14. The van der Waals surface area contributed by atoms with Crippen LogP contribution >= 0.6 is 11.6 Å². The van der Waals surface area contributed by atoms with Crippen molar-refractivity contribution in [3.63, 3.8) is 0 Å². The molecule has 6 heteroatoms.